The van der Waals surface area contributed by atoms with E-state index < -0.39 is 0 Å². The summed E-state index contributed by atoms with van der Waals surface area (Å²) in [5.41, 5.74) is -0.0338. The number of rotatable bonds is 4. The average molecular weight is 253 g/mol. The topological polar surface area (TPSA) is 83.1 Å². The van der Waals surface area contributed by atoms with E-state index in [1.165, 1.54) is 6.33 Å². The van der Waals surface area contributed by atoms with Crippen molar-refractivity contribution in [3.63, 3.8) is 0 Å². The Kier molecular flexibility index (Phi) is 3.93. The van der Waals surface area contributed by atoms with Crippen LogP contribution in [0.15, 0.2) is 6.33 Å². The van der Waals surface area contributed by atoms with Gasteiger partial charge in [-0.05, 0) is 26.9 Å². The number of nitrogens with one attached hydrogen (secondary N) is 2. The number of amides is 1. The van der Waals surface area contributed by atoms with Gasteiger partial charge in [-0.15, -0.1) is 0 Å². The second-order valence-electron chi connectivity index (χ2n) is 4.75. The van der Waals surface area contributed by atoms with Crippen LogP contribution in [0, 0.1) is 0 Å². The molecule has 18 heavy (non-hydrogen) atoms. The van der Waals surface area contributed by atoms with Crippen molar-refractivity contribution in [1.82, 2.24) is 25.4 Å². The van der Waals surface area contributed by atoms with Gasteiger partial charge in [-0.3, -0.25) is 9.89 Å². The number of aromatic nitrogens is 3. The van der Waals surface area contributed by atoms with Crippen molar-refractivity contribution in [3.05, 3.63) is 12.2 Å². The molecule has 1 fully saturated rings. The van der Waals surface area contributed by atoms with Gasteiger partial charge in [0.25, 0.3) is 5.91 Å². The predicted octanol–water partition coefficient (Wildman–Crippen LogP) is -0.355. The SMILES string of the molecule is CN(C)C1(CNC(=O)c2ncn[nH]2)CCOCC1. The van der Waals surface area contributed by atoms with Crippen molar-refractivity contribution in [3.8, 4) is 0 Å². The van der Waals surface area contributed by atoms with Gasteiger partial charge < -0.3 is 15.0 Å². The van der Waals surface area contributed by atoms with Crippen molar-refractivity contribution < 1.29 is 9.53 Å². The smallest absolute Gasteiger partial charge is 0.288 e. The summed E-state index contributed by atoms with van der Waals surface area (Å²) in [7, 11) is 4.07. The third kappa shape index (κ3) is 2.68. The fraction of sp³-hybridized carbons (Fsp3) is 0.727. The zero-order valence-corrected chi connectivity index (χ0v) is 10.8. The Morgan fingerprint density at radius 3 is 2.83 bits per heavy atom. The summed E-state index contributed by atoms with van der Waals surface area (Å²) < 4.78 is 5.39. The lowest BCUT2D eigenvalue weighted by Gasteiger charge is -2.42. The van der Waals surface area contributed by atoms with E-state index in [-0.39, 0.29) is 17.3 Å². The van der Waals surface area contributed by atoms with Gasteiger partial charge in [0.05, 0.1) is 0 Å². The van der Waals surface area contributed by atoms with Gasteiger partial charge in [0.15, 0.2) is 0 Å². The molecule has 100 valence electrons. The van der Waals surface area contributed by atoms with Gasteiger partial charge in [0.1, 0.15) is 6.33 Å². The molecule has 0 saturated carbocycles. The summed E-state index contributed by atoms with van der Waals surface area (Å²) in [5, 5.41) is 9.13. The lowest BCUT2D eigenvalue weighted by atomic mass is 9.88. The standard InChI is InChI=1S/C11H19N5O2/c1-16(2)11(3-5-18-6-4-11)7-12-10(17)9-13-8-14-15-9/h8H,3-7H2,1-2H3,(H,12,17)(H,13,14,15). The van der Waals surface area contributed by atoms with Crippen molar-refractivity contribution in [2.24, 2.45) is 0 Å². The maximum Gasteiger partial charge on any atom is 0.288 e. The molecule has 0 bridgehead atoms. The number of H-pyrrole nitrogens is 1. The zero-order chi connectivity index (χ0) is 13.0. The molecule has 0 spiro atoms. The van der Waals surface area contributed by atoms with Gasteiger partial charge in [0, 0.05) is 25.3 Å². The molecule has 1 aromatic rings. The van der Waals surface area contributed by atoms with Crippen molar-refractivity contribution in [2.45, 2.75) is 18.4 Å². The van der Waals surface area contributed by atoms with Gasteiger partial charge in [-0.25, -0.2) is 4.98 Å². The van der Waals surface area contributed by atoms with Crippen LogP contribution in [-0.2, 0) is 4.74 Å². The molecule has 1 saturated heterocycles. The molecule has 2 N–H and O–H groups in total. The van der Waals surface area contributed by atoms with Crippen molar-refractivity contribution in [1.29, 1.82) is 0 Å². The number of hydrogen-bond donors (Lipinski definition) is 2. The number of nitrogens with zero attached hydrogens (tertiary/aromatic N) is 3. The van der Waals surface area contributed by atoms with E-state index in [0.29, 0.717) is 6.54 Å². The van der Waals surface area contributed by atoms with Crippen LogP contribution < -0.4 is 5.32 Å². The molecule has 2 heterocycles. The second-order valence-corrected chi connectivity index (χ2v) is 4.75. The first-order chi connectivity index (χ1) is 8.64. The highest BCUT2D eigenvalue weighted by Gasteiger charge is 2.35. The van der Waals surface area contributed by atoms with Crippen LogP contribution in [0.1, 0.15) is 23.5 Å². The van der Waals surface area contributed by atoms with Gasteiger partial charge in [0.2, 0.25) is 5.82 Å². The summed E-state index contributed by atoms with van der Waals surface area (Å²) >= 11 is 0. The summed E-state index contributed by atoms with van der Waals surface area (Å²) in [5.74, 6) is 0.0242. The Bertz CT molecular complexity index is 384. The summed E-state index contributed by atoms with van der Waals surface area (Å²) in [6.45, 7) is 2.05. The fourth-order valence-electron chi connectivity index (χ4n) is 2.18. The van der Waals surface area contributed by atoms with Crippen LogP contribution >= 0.6 is 0 Å². The first kappa shape index (κ1) is 13.0. The Morgan fingerprint density at radius 1 is 1.56 bits per heavy atom. The minimum Gasteiger partial charge on any atom is -0.381 e. The number of carbonyl (C=O) groups is 1. The number of carbonyl (C=O) groups excluding carboxylic acids is 1. The quantitative estimate of drug-likeness (QED) is 0.766. The Hall–Kier alpha value is -1.47. The highest BCUT2D eigenvalue weighted by molar-refractivity contribution is 5.90. The molecule has 0 radical (unpaired) electrons. The van der Waals surface area contributed by atoms with E-state index in [0.717, 1.165) is 26.1 Å². The van der Waals surface area contributed by atoms with Crippen LogP contribution in [0.3, 0.4) is 0 Å². The van der Waals surface area contributed by atoms with Gasteiger partial charge >= 0.3 is 0 Å². The molecule has 1 aliphatic rings. The number of ether oxygens (including phenoxy) is 1. The zero-order valence-electron chi connectivity index (χ0n) is 10.8. The Balaban J connectivity index is 1.96. The molecule has 1 aliphatic heterocycles. The molecule has 7 nitrogen and oxygen atoms in total. The first-order valence-electron chi connectivity index (χ1n) is 6.03. The molecule has 0 unspecified atom stereocenters. The average Bonchev–Trinajstić information content (AvgIpc) is 2.91. The summed E-state index contributed by atoms with van der Waals surface area (Å²) in [6.07, 6.45) is 3.15. The second kappa shape index (κ2) is 5.45. The highest BCUT2D eigenvalue weighted by atomic mass is 16.5. The normalized spacial score (nSPS) is 18.8. The van der Waals surface area contributed by atoms with Gasteiger partial charge in [-0.1, -0.05) is 0 Å². The van der Waals surface area contributed by atoms with E-state index in [1.54, 1.807) is 0 Å². The van der Waals surface area contributed by atoms with E-state index in [4.69, 9.17) is 4.74 Å². The van der Waals surface area contributed by atoms with E-state index in [9.17, 15) is 4.79 Å². The van der Waals surface area contributed by atoms with Gasteiger partial charge in [-0.2, -0.15) is 5.10 Å². The van der Waals surface area contributed by atoms with Crippen LogP contribution in [0.4, 0.5) is 0 Å². The maximum atomic E-state index is 11.8. The molecular formula is C11H19N5O2. The van der Waals surface area contributed by atoms with Crippen LogP contribution in [-0.4, -0.2) is 65.4 Å². The molecule has 2 rings (SSSR count). The van der Waals surface area contributed by atoms with Crippen molar-refractivity contribution >= 4 is 5.91 Å². The molecule has 0 aromatic carbocycles. The molecule has 0 atom stereocenters. The van der Waals surface area contributed by atoms with E-state index in [1.807, 2.05) is 14.1 Å². The largest absolute Gasteiger partial charge is 0.381 e. The lowest BCUT2D eigenvalue weighted by Crippen LogP contribution is -2.55. The van der Waals surface area contributed by atoms with Crippen LogP contribution in [0.25, 0.3) is 0 Å². The fourth-order valence-corrected chi connectivity index (χ4v) is 2.18. The molecular weight excluding hydrogens is 234 g/mol. The minimum absolute atomic E-state index is 0.0338. The van der Waals surface area contributed by atoms with Crippen LogP contribution in [0.5, 0.6) is 0 Å². The Labute approximate surface area is 106 Å². The third-order valence-electron chi connectivity index (χ3n) is 3.58. The van der Waals surface area contributed by atoms with Crippen molar-refractivity contribution in [2.75, 3.05) is 33.9 Å². The van der Waals surface area contributed by atoms with E-state index in [2.05, 4.69) is 25.4 Å². The minimum atomic E-state index is -0.222. The first-order valence-corrected chi connectivity index (χ1v) is 6.03. The maximum absolute atomic E-state index is 11.8. The third-order valence-corrected chi connectivity index (χ3v) is 3.58. The molecule has 1 aromatic heterocycles. The van der Waals surface area contributed by atoms with E-state index >= 15 is 0 Å². The molecule has 7 heteroatoms. The summed E-state index contributed by atoms with van der Waals surface area (Å²) in [6, 6.07) is 0. The summed E-state index contributed by atoms with van der Waals surface area (Å²) in [4.78, 5) is 17.8. The number of hydrogen-bond acceptors (Lipinski definition) is 5. The number of likely N-dealkylation sites (N-methyl/N-ethyl adjacent to an activating group) is 1. The predicted molar refractivity (Wildman–Crippen MR) is 65.2 cm³/mol. The monoisotopic (exact) mass is 253 g/mol. The molecule has 0 aliphatic carbocycles. The number of aromatic amines is 1. The van der Waals surface area contributed by atoms with Crippen LogP contribution in [0.2, 0.25) is 0 Å². The molecule has 1 amide bonds. The Morgan fingerprint density at radius 2 is 2.28 bits per heavy atom. The highest BCUT2D eigenvalue weighted by Crippen LogP contribution is 2.25. The lowest BCUT2D eigenvalue weighted by molar-refractivity contribution is -0.00662.